The Hall–Kier alpha value is -3.80. The van der Waals surface area contributed by atoms with Gasteiger partial charge in [0.1, 0.15) is 5.82 Å². The van der Waals surface area contributed by atoms with Gasteiger partial charge in [0.25, 0.3) is 0 Å². The highest BCUT2D eigenvalue weighted by Crippen LogP contribution is 2.34. The van der Waals surface area contributed by atoms with Crippen molar-refractivity contribution in [1.82, 2.24) is 4.98 Å². The van der Waals surface area contributed by atoms with Crippen LogP contribution in [0.25, 0.3) is 21.7 Å². The average Bonchev–Trinajstić information content (AvgIpc) is 2.84. The number of hydrogen-bond acceptors (Lipinski definition) is 4. The van der Waals surface area contributed by atoms with Gasteiger partial charge in [-0.15, -0.1) is 0 Å². The summed E-state index contributed by atoms with van der Waals surface area (Å²) in [7, 11) is 4.12. The molecule has 1 saturated carbocycles. The first-order valence-corrected chi connectivity index (χ1v) is 11.9. The summed E-state index contributed by atoms with van der Waals surface area (Å²) >= 11 is 0. The van der Waals surface area contributed by atoms with E-state index < -0.39 is 0 Å². The lowest BCUT2D eigenvalue weighted by Crippen LogP contribution is -2.47. The highest BCUT2D eigenvalue weighted by atomic mass is 16.2. The van der Waals surface area contributed by atoms with Crippen LogP contribution in [0.5, 0.6) is 0 Å². The molecule has 2 amide bonds. The van der Waals surface area contributed by atoms with E-state index in [9.17, 15) is 4.79 Å². The number of anilines is 3. The smallest absolute Gasteiger partial charge is 0.319 e. The van der Waals surface area contributed by atoms with E-state index in [1.54, 1.807) is 4.90 Å². The zero-order valence-electron chi connectivity index (χ0n) is 19.7. The van der Waals surface area contributed by atoms with Crippen molar-refractivity contribution in [3.8, 4) is 0 Å². The molecule has 34 heavy (non-hydrogen) atoms. The first kappa shape index (κ1) is 22.0. The fraction of sp³-hybridized carbons (Fsp3) is 0.286. The molecular weight excluding hydrogens is 422 g/mol. The molecule has 6 heteroatoms. The van der Waals surface area contributed by atoms with Gasteiger partial charge in [0, 0.05) is 48.7 Å². The molecule has 1 fully saturated rings. The van der Waals surface area contributed by atoms with Crippen molar-refractivity contribution in [2.75, 3.05) is 29.2 Å². The van der Waals surface area contributed by atoms with Crippen LogP contribution in [0.2, 0.25) is 0 Å². The number of amides is 2. The summed E-state index contributed by atoms with van der Waals surface area (Å²) in [5, 5.41) is 6.97. The van der Waals surface area contributed by atoms with Crippen LogP contribution < -0.4 is 20.9 Å². The number of nitrogens with zero attached hydrogens (tertiary/aromatic N) is 3. The molecular formula is C28H31N5O. The van der Waals surface area contributed by atoms with Crippen molar-refractivity contribution < 1.29 is 4.79 Å². The molecule has 1 aliphatic rings. The number of carbonyl (C=O) groups excluding carboxylic acids is 1. The Kier molecular flexibility index (Phi) is 5.97. The molecule has 0 saturated heterocycles. The lowest BCUT2D eigenvalue weighted by Gasteiger charge is -2.37. The van der Waals surface area contributed by atoms with Crippen LogP contribution in [0.15, 0.2) is 72.8 Å². The van der Waals surface area contributed by atoms with Crippen molar-refractivity contribution in [1.29, 1.82) is 0 Å². The van der Waals surface area contributed by atoms with Gasteiger partial charge in [-0.1, -0.05) is 54.6 Å². The normalized spacial score (nSPS) is 18.1. The molecule has 5 rings (SSSR count). The summed E-state index contributed by atoms with van der Waals surface area (Å²) in [6.07, 6.45) is 3.67. The molecule has 1 heterocycles. The number of carbonyl (C=O) groups is 1. The zero-order valence-corrected chi connectivity index (χ0v) is 19.7. The van der Waals surface area contributed by atoms with E-state index in [4.69, 9.17) is 10.7 Å². The van der Waals surface area contributed by atoms with Gasteiger partial charge in [0.2, 0.25) is 0 Å². The summed E-state index contributed by atoms with van der Waals surface area (Å²) in [4.78, 5) is 21.3. The van der Waals surface area contributed by atoms with Gasteiger partial charge >= 0.3 is 6.03 Å². The predicted octanol–water partition coefficient (Wildman–Crippen LogP) is 5.76. The molecule has 4 aromatic rings. The third-order valence-electron chi connectivity index (χ3n) is 6.85. The largest absolute Gasteiger partial charge is 0.377 e. The van der Waals surface area contributed by atoms with E-state index in [0.29, 0.717) is 6.04 Å². The molecule has 3 aromatic carbocycles. The summed E-state index contributed by atoms with van der Waals surface area (Å²) in [6, 6.07) is 24.6. The molecule has 3 N–H and O–H groups in total. The second-order valence-corrected chi connectivity index (χ2v) is 9.29. The molecule has 0 unspecified atom stereocenters. The van der Waals surface area contributed by atoms with Crippen LogP contribution >= 0.6 is 0 Å². The number of pyridine rings is 1. The maximum absolute atomic E-state index is 12.6. The molecule has 1 aromatic heterocycles. The number of nitrogens with two attached hydrogens (primary N) is 1. The monoisotopic (exact) mass is 453 g/mol. The van der Waals surface area contributed by atoms with Gasteiger partial charge in [0.05, 0.1) is 11.2 Å². The average molecular weight is 454 g/mol. The number of urea groups is 1. The SMILES string of the molecule is CN(C)c1cc(N[C@H]2CC[C@@H](N(C(N)=O)c3cccc4ccccc34)CC2)nc2ccccc12. The minimum atomic E-state index is -0.389. The molecule has 174 valence electrons. The number of aromatic nitrogens is 1. The Balaban J connectivity index is 1.34. The van der Waals surface area contributed by atoms with Crippen LogP contribution in [-0.2, 0) is 0 Å². The van der Waals surface area contributed by atoms with Gasteiger partial charge in [0.15, 0.2) is 0 Å². The van der Waals surface area contributed by atoms with Gasteiger partial charge in [-0.2, -0.15) is 0 Å². The van der Waals surface area contributed by atoms with Gasteiger partial charge in [-0.3, -0.25) is 4.90 Å². The molecule has 0 spiro atoms. The Morgan fingerprint density at radius 1 is 0.882 bits per heavy atom. The zero-order chi connectivity index (χ0) is 23.7. The second kappa shape index (κ2) is 9.21. The minimum absolute atomic E-state index is 0.0863. The third kappa shape index (κ3) is 4.23. The Morgan fingerprint density at radius 2 is 1.56 bits per heavy atom. The van der Waals surface area contributed by atoms with Crippen molar-refractivity contribution in [3.63, 3.8) is 0 Å². The van der Waals surface area contributed by atoms with E-state index in [-0.39, 0.29) is 12.1 Å². The molecule has 0 aliphatic heterocycles. The van der Waals surface area contributed by atoms with Crippen molar-refractivity contribution >= 4 is 44.9 Å². The van der Waals surface area contributed by atoms with Crippen LogP contribution in [0.3, 0.4) is 0 Å². The summed E-state index contributed by atoms with van der Waals surface area (Å²) in [5.74, 6) is 0.895. The topological polar surface area (TPSA) is 74.5 Å². The Morgan fingerprint density at radius 3 is 2.29 bits per heavy atom. The fourth-order valence-corrected chi connectivity index (χ4v) is 5.20. The summed E-state index contributed by atoms with van der Waals surface area (Å²) in [5.41, 5.74) is 8.94. The van der Waals surface area contributed by atoms with E-state index in [1.807, 2.05) is 36.4 Å². The Labute approximate surface area is 200 Å². The summed E-state index contributed by atoms with van der Waals surface area (Å²) in [6.45, 7) is 0. The van der Waals surface area contributed by atoms with Crippen molar-refractivity contribution in [2.24, 2.45) is 5.73 Å². The Bertz CT molecular complexity index is 1320. The first-order chi connectivity index (χ1) is 16.5. The quantitative estimate of drug-likeness (QED) is 0.403. The van der Waals surface area contributed by atoms with Crippen molar-refractivity contribution in [3.05, 3.63) is 72.8 Å². The molecule has 6 nitrogen and oxygen atoms in total. The number of fused-ring (bicyclic) bond motifs is 2. The van der Waals surface area contributed by atoms with E-state index in [2.05, 4.69) is 60.7 Å². The van der Waals surface area contributed by atoms with Gasteiger partial charge in [-0.05, 0) is 43.2 Å². The maximum atomic E-state index is 12.6. The van der Waals surface area contributed by atoms with Gasteiger partial charge in [-0.25, -0.2) is 9.78 Å². The van der Waals surface area contributed by atoms with Crippen LogP contribution in [0.1, 0.15) is 25.7 Å². The number of para-hydroxylation sites is 1. The number of benzene rings is 3. The summed E-state index contributed by atoms with van der Waals surface area (Å²) < 4.78 is 0. The number of rotatable bonds is 5. The van der Waals surface area contributed by atoms with E-state index in [1.165, 1.54) is 0 Å². The van der Waals surface area contributed by atoms with E-state index >= 15 is 0 Å². The minimum Gasteiger partial charge on any atom is -0.377 e. The lowest BCUT2D eigenvalue weighted by atomic mass is 9.89. The standard InChI is InChI=1S/C28H31N5O/c1-32(2)26-18-27(31-24-12-6-5-11-23(24)26)30-20-14-16-21(17-15-20)33(28(29)34)25-13-7-9-19-8-3-4-10-22(19)25/h3-13,18,20-21H,14-17H2,1-2H3,(H2,29,34)(H,30,31)/t20-,21+. The van der Waals surface area contributed by atoms with Crippen LogP contribution in [0, 0.1) is 0 Å². The van der Waals surface area contributed by atoms with Crippen molar-refractivity contribution in [2.45, 2.75) is 37.8 Å². The lowest BCUT2D eigenvalue weighted by molar-refractivity contribution is 0.248. The second-order valence-electron chi connectivity index (χ2n) is 9.29. The van der Waals surface area contributed by atoms with Crippen LogP contribution in [0.4, 0.5) is 22.0 Å². The van der Waals surface area contributed by atoms with Crippen LogP contribution in [-0.4, -0.2) is 37.2 Å². The molecule has 0 bridgehead atoms. The van der Waals surface area contributed by atoms with Gasteiger partial charge < -0.3 is 16.0 Å². The number of nitrogens with one attached hydrogen (secondary N) is 1. The molecule has 0 radical (unpaired) electrons. The third-order valence-corrected chi connectivity index (χ3v) is 6.85. The highest BCUT2D eigenvalue weighted by Gasteiger charge is 2.30. The fourth-order valence-electron chi connectivity index (χ4n) is 5.20. The number of primary amides is 1. The predicted molar refractivity (Wildman–Crippen MR) is 142 cm³/mol. The maximum Gasteiger partial charge on any atom is 0.319 e. The molecule has 1 aliphatic carbocycles. The highest BCUT2D eigenvalue weighted by molar-refractivity contribution is 6.03. The van der Waals surface area contributed by atoms with E-state index in [0.717, 1.165) is 64.6 Å². The number of hydrogen-bond donors (Lipinski definition) is 2. The first-order valence-electron chi connectivity index (χ1n) is 11.9. The molecule has 0 atom stereocenters.